The molecule has 1 aromatic heterocycles. The summed E-state index contributed by atoms with van der Waals surface area (Å²) in [5.41, 5.74) is 1.58. The van der Waals surface area contributed by atoms with Gasteiger partial charge in [0.1, 0.15) is 11.4 Å². The second-order valence-corrected chi connectivity index (χ2v) is 6.08. The molecule has 0 saturated carbocycles. The predicted molar refractivity (Wildman–Crippen MR) is 87.2 cm³/mol. The van der Waals surface area contributed by atoms with Crippen molar-refractivity contribution in [2.75, 3.05) is 0 Å². The van der Waals surface area contributed by atoms with Crippen LogP contribution in [-0.4, -0.2) is 28.3 Å². The summed E-state index contributed by atoms with van der Waals surface area (Å²) in [6, 6.07) is 12.0. The van der Waals surface area contributed by atoms with Crippen molar-refractivity contribution < 1.29 is 17.5 Å². The summed E-state index contributed by atoms with van der Waals surface area (Å²) in [4.78, 5) is 10.3. The number of nitro groups is 1. The topological polar surface area (TPSA) is 143 Å². The molecule has 3 aromatic rings. The number of hydrogen-bond donors (Lipinski definition) is 1. The first-order chi connectivity index (χ1) is 11.8. The number of benzene rings is 2. The molecule has 0 aliphatic heterocycles. The van der Waals surface area contributed by atoms with Crippen LogP contribution in [0.25, 0.3) is 16.9 Å². The van der Waals surface area contributed by atoms with Crippen LogP contribution in [0, 0.1) is 10.1 Å². The third-order valence-electron chi connectivity index (χ3n) is 3.16. The maximum atomic E-state index is 10.9. The maximum Gasteiger partial charge on any atom is 0.380 e. The average molecular weight is 361 g/mol. The molecule has 0 fully saturated rings. The van der Waals surface area contributed by atoms with Gasteiger partial charge in [-0.15, -0.1) is 5.10 Å². The molecule has 0 bridgehead atoms. The Morgan fingerprint density at radius 3 is 2.52 bits per heavy atom. The molecule has 10 nitrogen and oxygen atoms in total. The Labute approximate surface area is 141 Å². The molecular weight excluding hydrogens is 350 g/mol. The average Bonchev–Trinajstić information content (AvgIpc) is 3.04. The fourth-order valence-electron chi connectivity index (χ4n) is 2.09. The van der Waals surface area contributed by atoms with Crippen LogP contribution in [0.2, 0.25) is 0 Å². The zero-order chi connectivity index (χ0) is 18.0. The van der Waals surface area contributed by atoms with Gasteiger partial charge < -0.3 is 4.18 Å². The summed E-state index contributed by atoms with van der Waals surface area (Å²) in [6.07, 6.45) is 1.59. The van der Waals surface area contributed by atoms with Gasteiger partial charge in [-0.05, 0) is 30.3 Å². The molecule has 0 amide bonds. The highest BCUT2D eigenvalue weighted by Gasteiger charge is 2.10. The lowest BCUT2D eigenvalue weighted by Crippen LogP contribution is -2.18. The van der Waals surface area contributed by atoms with Crippen LogP contribution < -0.4 is 9.32 Å². The summed E-state index contributed by atoms with van der Waals surface area (Å²) in [5, 5.41) is 23.6. The van der Waals surface area contributed by atoms with E-state index in [4.69, 9.17) is 5.14 Å². The molecule has 2 aromatic carbocycles. The van der Waals surface area contributed by atoms with Crippen LogP contribution in [0.3, 0.4) is 0 Å². The second kappa shape index (κ2) is 6.30. The molecule has 0 aliphatic carbocycles. The molecule has 0 spiro atoms. The number of non-ortho nitro benzene ring substituents is 1. The fourth-order valence-corrected chi connectivity index (χ4v) is 2.47. The van der Waals surface area contributed by atoms with E-state index >= 15 is 0 Å². The zero-order valence-electron chi connectivity index (χ0n) is 12.5. The molecule has 11 heteroatoms. The minimum atomic E-state index is -4.08. The van der Waals surface area contributed by atoms with Gasteiger partial charge in [-0.1, -0.05) is 11.3 Å². The van der Waals surface area contributed by atoms with E-state index in [1.54, 1.807) is 30.5 Å². The third-order valence-corrected chi connectivity index (χ3v) is 3.59. The zero-order valence-corrected chi connectivity index (χ0v) is 13.3. The summed E-state index contributed by atoms with van der Waals surface area (Å²) >= 11 is 0. The fraction of sp³-hybridized carbons (Fsp3) is 0. The standard InChI is InChI=1S/C14H11N5O5S/c15-25(22,23)24-13-6-4-10(5-7-13)14-9-18(17-16-14)11-2-1-3-12(8-11)19(20)21/h1-9H,(H2,15,22,23). The van der Waals surface area contributed by atoms with E-state index in [1.165, 1.54) is 28.9 Å². The molecule has 2 N–H and O–H groups in total. The summed E-state index contributed by atoms with van der Waals surface area (Å²) < 4.78 is 27.7. The molecule has 0 atom stereocenters. The summed E-state index contributed by atoms with van der Waals surface area (Å²) in [7, 11) is -4.08. The second-order valence-electron chi connectivity index (χ2n) is 4.93. The predicted octanol–water partition coefficient (Wildman–Crippen LogP) is 1.42. The van der Waals surface area contributed by atoms with Crippen LogP contribution in [0.15, 0.2) is 54.7 Å². The highest BCUT2D eigenvalue weighted by atomic mass is 32.2. The van der Waals surface area contributed by atoms with E-state index < -0.39 is 15.2 Å². The minimum Gasteiger partial charge on any atom is -0.371 e. The monoisotopic (exact) mass is 361 g/mol. The van der Waals surface area contributed by atoms with Crippen LogP contribution >= 0.6 is 0 Å². The normalized spacial score (nSPS) is 11.2. The van der Waals surface area contributed by atoms with Gasteiger partial charge in [-0.25, -0.2) is 4.68 Å². The molecule has 1 heterocycles. The number of hydrogen-bond acceptors (Lipinski definition) is 7. The molecule has 25 heavy (non-hydrogen) atoms. The van der Waals surface area contributed by atoms with Gasteiger partial charge in [-0.2, -0.15) is 13.6 Å². The Hall–Kier alpha value is -3.31. The minimum absolute atomic E-state index is 0.0564. The maximum absolute atomic E-state index is 10.9. The highest BCUT2D eigenvalue weighted by molar-refractivity contribution is 7.84. The summed E-state index contributed by atoms with van der Waals surface area (Å²) in [6.45, 7) is 0. The molecule has 128 valence electrons. The molecule has 0 unspecified atom stereocenters. The van der Waals surface area contributed by atoms with E-state index in [2.05, 4.69) is 14.5 Å². The van der Waals surface area contributed by atoms with Crippen LogP contribution in [0.1, 0.15) is 0 Å². The van der Waals surface area contributed by atoms with E-state index in [0.717, 1.165) is 0 Å². The van der Waals surface area contributed by atoms with Gasteiger partial charge in [0.15, 0.2) is 0 Å². The van der Waals surface area contributed by atoms with Crippen molar-refractivity contribution in [3.63, 3.8) is 0 Å². The molecule has 0 saturated heterocycles. The lowest BCUT2D eigenvalue weighted by Gasteiger charge is -2.02. The van der Waals surface area contributed by atoms with Crippen LogP contribution in [0.4, 0.5) is 5.69 Å². The van der Waals surface area contributed by atoms with Crippen molar-refractivity contribution in [3.8, 4) is 22.7 Å². The van der Waals surface area contributed by atoms with Crippen LogP contribution in [0.5, 0.6) is 5.75 Å². The smallest absolute Gasteiger partial charge is 0.371 e. The molecular formula is C14H11N5O5S. The van der Waals surface area contributed by atoms with Crippen molar-refractivity contribution in [2.24, 2.45) is 5.14 Å². The van der Waals surface area contributed by atoms with Gasteiger partial charge in [0.25, 0.3) is 5.69 Å². The van der Waals surface area contributed by atoms with Crippen molar-refractivity contribution in [1.29, 1.82) is 0 Å². The number of rotatable bonds is 5. The van der Waals surface area contributed by atoms with E-state index in [1.807, 2.05) is 0 Å². The SMILES string of the molecule is NS(=O)(=O)Oc1ccc(-c2cn(-c3cccc([N+](=O)[O-])c3)nn2)cc1. The lowest BCUT2D eigenvalue weighted by atomic mass is 10.2. The molecule has 0 aliphatic rings. The van der Waals surface area contributed by atoms with Crippen molar-refractivity contribution >= 4 is 16.0 Å². The Bertz CT molecular complexity index is 1030. The Morgan fingerprint density at radius 2 is 1.88 bits per heavy atom. The van der Waals surface area contributed by atoms with Gasteiger partial charge in [0, 0.05) is 17.7 Å². The van der Waals surface area contributed by atoms with E-state index in [-0.39, 0.29) is 11.4 Å². The third kappa shape index (κ3) is 3.97. The van der Waals surface area contributed by atoms with Crippen molar-refractivity contribution in [1.82, 2.24) is 15.0 Å². The number of aromatic nitrogens is 3. The van der Waals surface area contributed by atoms with Gasteiger partial charge >= 0.3 is 10.3 Å². The first kappa shape index (κ1) is 16.5. The van der Waals surface area contributed by atoms with Gasteiger partial charge in [-0.3, -0.25) is 10.1 Å². The number of nitro benzene ring substituents is 1. The molecule has 3 rings (SSSR count). The number of nitrogens with zero attached hydrogens (tertiary/aromatic N) is 4. The largest absolute Gasteiger partial charge is 0.380 e. The van der Waals surface area contributed by atoms with Crippen molar-refractivity contribution in [2.45, 2.75) is 0 Å². The Morgan fingerprint density at radius 1 is 1.16 bits per heavy atom. The molecule has 0 radical (unpaired) electrons. The highest BCUT2D eigenvalue weighted by Crippen LogP contribution is 2.22. The van der Waals surface area contributed by atoms with Gasteiger partial charge in [0.2, 0.25) is 0 Å². The number of nitrogens with two attached hydrogens (primary N) is 1. The van der Waals surface area contributed by atoms with Gasteiger partial charge in [0.05, 0.1) is 16.8 Å². The van der Waals surface area contributed by atoms with E-state index in [9.17, 15) is 18.5 Å². The Kier molecular flexibility index (Phi) is 4.17. The lowest BCUT2D eigenvalue weighted by molar-refractivity contribution is -0.384. The van der Waals surface area contributed by atoms with Crippen LogP contribution in [-0.2, 0) is 10.3 Å². The van der Waals surface area contributed by atoms with E-state index in [0.29, 0.717) is 16.9 Å². The van der Waals surface area contributed by atoms with Crippen molar-refractivity contribution in [3.05, 3.63) is 64.8 Å². The first-order valence-corrected chi connectivity index (χ1v) is 8.29. The quantitative estimate of drug-likeness (QED) is 0.534. The Balaban J connectivity index is 1.86. The first-order valence-electron chi connectivity index (χ1n) is 6.82. The summed E-state index contributed by atoms with van der Waals surface area (Å²) in [5.74, 6) is 0.0670.